The number of rotatable bonds is 2. The van der Waals surface area contributed by atoms with Gasteiger partial charge in [0, 0.05) is 11.6 Å². The maximum Gasteiger partial charge on any atom is 0.242 e. The van der Waals surface area contributed by atoms with Crippen LogP contribution in [0.5, 0.6) is 0 Å². The first-order valence-electron chi connectivity index (χ1n) is 4.29. The Labute approximate surface area is 91.7 Å². The molecule has 0 unspecified atom stereocenters. The molecule has 0 atom stereocenters. The van der Waals surface area contributed by atoms with Crippen LogP contribution in [-0.4, -0.2) is 15.1 Å². The van der Waals surface area contributed by atoms with Gasteiger partial charge in [0.2, 0.25) is 5.95 Å². The van der Waals surface area contributed by atoms with Crippen molar-refractivity contribution in [2.75, 3.05) is 5.43 Å². The van der Waals surface area contributed by atoms with Gasteiger partial charge in [-0.05, 0) is 18.3 Å². The summed E-state index contributed by atoms with van der Waals surface area (Å²) in [6.07, 6.45) is 1.73. The summed E-state index contributed by atoms with van der Waals surface area (Å²) >= 11 is 4.64. The van der Waals surface area contributed by atoms with Crippen molar-refractivity contribution in [3.63, 3.8) is 0 Å². The number of anilines is 1. The Morgan fingerprint density at radius 1 is 1.33 bits per heavy atom. The number of thiocarbonyl (C=S) groups is 1. The zero-order chi connectivity index (χ0) is 10.7. The zero-order valence-corrected chi connectivity index (χ0v) is 8.58. The molecule has 1 heterocycles. The summed E-state index contributed by atoms with van der Waals surface area (Å²) in [6, 6.07) is 7.70. The third-order valence-corrected chi connectivity index (χ3v) is 1.89. The molecule has 6 heteroatoms. The molecule has 0 aliphatic carbocycles. The minimum Gasteiger partial charge on any atom is -0.375 e. The quantitative estimate of drug-likeness (QED) is 0.512. The van der Waals surface area contributed by atoms with Crippen molar-refractivity contribution in [1.82, 2.24) is 15.4 Å². The van der Waals surface area contributed by atoms with E-state index in [1.54, 1.807) is 6.20 Å². The summed E-state index contributed by atoms with van der Waals surface area (Å²) in [5, 5.41) is 1.13. The minimum atomic E-state index is 0.145. The Hall–Kier alpha value is -1.95. The van der Waals surface area contributed by atoms with Crippen molar-refractivity contribution in [1.29, 1.82) is 0 Å². The van der Waals surface area contributed by atoms with Gasteiger partial charge in [-0.1, -0.05) is 18.2 Å². The van der Waals surface area contributed by atoms with Crippen molar-refractivity contribution in [3.05, 3.63) is 30.5 Å². The molecule has 2 rings (SSSR count). The van der Waals surface area contributed by atoms with E-state index in [9.17, 15) is 0 Å². The third-order valence-electron chi connectivity index (χ3n) is 1.79. The number of nitrogens with two attached hydrogens (primary N) is 1. The fraction of sp³-hybridized carbons (Fsp3) is 0. The van der Waals surface area contributed by atoms with E-state index in [0.29, 0.717) is 5.95 Å². The molecule has 15 heavy (non-hydrogen) atoms. The predicted molar refractivity (Wildman–Crippen MR) is 63.1 cm³/mol. The van der Waals surface area contributed by atoms with Crippen LogP contribution in [0.3, 0.4) is 0 Å². The molecule has 0 fully saturated rings. The summed E-state index contributed by atoms with van der Waals surface area (Å²) in [6.45, 7) is 0. The van der Waals surface area contributed by atoms with Crippen LogP contribution < -0.4 is 16.6 Å². The number of para-hydroxylation sites is 1. The molecule has 0 saturated carbocycles. The molecule has 0 bridgehead atoms. The highest BCUT2D eigenvalue weighted by molar-refractivity contribution is 7.80. The second-order valence-electron chi connectivity index (χ2n) is 2.87. The average molecular weight is 219 g/mol. The molecule has 4 N–H and O–H groups in total. The lowest BCUT2D eigenvalue weighted by atomic mass is 10.2. The predicted octanol–water partition coefficient (Wildman–Crippen LogP) is 0.790. The molecular weight excluding hydrogens is 210 g/mol. The van der Waals surface area contributed by atoms with Gasteiger partial charge in [-0.15, -0.1) is 0 Å². The van der Waals surface area contributed by atoms with Gasteiger partial charge in [0.1, 0.15) is 0 Å². The Morgan fingerprint density at radius 3 is 2.93 bits per heavy atom. The van der Waals surface area contributed by atoms with Crippen LogP contribution in [0.2, 0.25) is 0 Å². The Bertz CT molecular complexity index is 499. The first kappa shape index (κ1) is 9.60. The maximum absolute atomic E-state index is 5.26. The lowest BCUT2D eigenvalue weighted by molar-refractivity contribution is 1.05. The van der Waals surface area contributed by atoms with Crippen LogP contribution in [0.4, 0.5) is 5.95 Å². The maximum atomic E-state index is 5.26. The molecule has 1 aromatic heterocycles. The number of hydrogen-bond acceptors (Lipinski definition) is 4. The SMILES string of the molecule is NC(=S)NNc1ncc2ccccc2n1. The fourth-order valence-corrected chi connectivity index (χ4v) is 1.20. The lowest BCUT2D eigenvalue weighted by Crippen LogP contribution is -2.34. The number of fused-ring (bicyclic) bond motifs is 1. The average Bonchev–Trinajstić information content (AvgIpc) is 2.26. The fourth-order valence-electron chi connectivity index (χ4n) is 1.15. The monoisotopic (exact) mass is 219 g/mol. The minimum absolute atomic E-state index is 0.145. The zero-order valence-electron chi connectivity index (χ0n) is 7.77. The van der Waals surface area contributed by atoms with Crippen LogP contribution >= 0.6 is 12.2 Å². The molecule has 5 nitrogen and oxygen atoms in total. The topological polar surface area (TPSA) is 75.9 Å². The smallest absolute Gasteiger partial charge is 0.242 e. The Kier molecular flexibility index (Phi) is 2.59. The first-order valence-corrected chi connectivity index (χ1v) is 4.70. The van der Waals surface area contributed by atoms with E-state index < -0.39 is 0 Å². The molecule has 2 aromatic rings. The second-order valence-corrected chi connectivity index (χ2v) is 3.31. The van der Waals surface area contributed by atoms with E-state index in [1.807, 2.05) is 24.3 Å². The van der Waals surface area contributed by atoms with Crippen molar-refractivity contribution < 1.29 is 0 Å². The molecule has 0 spiro atoms. The largest absolute Gasteiger partial charge is 0.375 e. The molecular formula is C9H9N5S. The van der Waals surface area contributed by atoms with Gasteiger partial charge in [0.15, 0.2) is 5.11 Å². The van der Waals surface area contributed by atoms with Crippen LogP contribution in [0.1, 0.15) is 0 Å². The van der Waals surface area contributed by atoms with E-state index in [4.69, 9.17) is 5.73 Å². The van der Waals surface area contributed by atoms with Gasteiger partial charge in [-0.2, -0.15) is 0 Å². The van der Waals surface area contributed by atoms with E-state index in [1.165, 1.54) is 0 Å². The van der Waals surface area contributed by atoms with Gasteiger partial charge in [0.25, 0.3) is 0 Å². The molecule has 1 aromatic carbocycles. The molecule has 0 aliphatic rings. The van der Waals surface area contributed by atoms with Crippen molar-refractivity contribution in [2.45, 2.75) is 0 Å². The van der Waals surface area contributed by atoms with Crippen molar-refractivity contribution >= 4 is 34.2 Å². The second kappa shape index (κ2) is 4.05. The Balaban J connectivity index is 2.26. The van der Waals surface area contributed by atoms with Crippen LogP contribution in [0, 0.1) is 0 Å². The van der Waals surface area contributed by atoms with Crippen molar-refractivity contribution in [3.8, 4) is 0 Å². The summed E-state index contributed by atoms with van der Waals surface area (Å²) < 4.78 is 0. The van der Waals surface area contributed by atoms with E-state index in [-0.39, 0.29) is 5.11 Å². The number of hydrogen-bond donors (Lipinski definition) is 3. The summed E-state index contributed by atoms with van der Waals surface area (Å²) in [4.78, 5) is 8.33. The summed E-state index contributed by atoms with van der Waals surface area (Å²) in [5.74, 6) is 0.432. The van der Waals surface area contributed by atoms with Gasteiger partial charge in [0.05, 0.1) is 5.52 Å². The number of nitrogens with one attached hydrogen (secondary N) is 2. The summed E-state index contributed by atoms with van der Waals surface area (Å²) in [5.41, 5.74) is 11.4. The number of nitrogens with zero attached hydrogens (tertiary/aromatic N) is 2. The van der Waals surface area contributed by atoms with Gasteiger partial charge in [-0.25, -0.2) is 9.97 Å². The highest BCUT2D eigenvalue weighted by Crippen LogP contribution is 2.10. The van der Waals surface area contributed by atoms with E-state index >= 15 is 0 Å². The molecule has 0 aliphatic heterocycles. The van der Waals surface area contributed by atoms with Gasteiger partial charge < -0.3 is 5.73 Å². The normalized spacial score (nSPS) is 9.87. The number of benzene rings is 1. The van der Waals surface area contributed by atoms with E-state index in [2.05, 4.69) is 33.0 Å². The Morgan fingerprint density at radius 2 is 2.13 bits per heavy atom. The number of aromatic nitrogens is 2. The van der Waals surface area contributed by atoms with Crippen LogP contribution in [0.15, 0.2) is 30.5 Å². The molecule has 0 radical (unpaired) electrons. The van der Waals surface area contributed by atoms with Gasteiger partial charge >= 0.3 is 0 Å². The summed E-state index contributed by atoms with van der Waals surface area (Å²) in [7, 11) is 0. The van der Waals surface area contributed by atoms with Gasteiger partial charge in [-0.3, -0.25) is 10.9 Å². The molecule has 0 amide bonds. The van der Waals surface area contributed by atoms with Crippen LogP contribution in [0.25, 0.3) is 10.9 Å². The third kappa shape index (κ3) is 2.29. The highest BCUT2D eigenvalue weighted by atomic mass is 32.1. The highest BCUT2D eigenvalue weighted by Gasteiger charge is 1.97. The molecule has 0 saturated heterocycles. The number of hydrazine groups is 1. The first-order chi connectivity index (χ1) is 7.25. The van der Waals surface area contributed by atoms with Crippen LogP contribution in [-0.2, 0) is 0 Å². The molecule has 76 valence electrons. The standard InChI is InChI=1S/C9H9N5S/c10-8(15)13-14-9-11-5-6-3-1-2-4-7(6)12-9/h1-5H,(H3,10,13,15)(H,11,12,14). The lowest BCUT2D eigenvalue weighted by Gasteiger charge is -2.05. The van der Waals surface area contributed by atoms with Crippen molar-refractivity contribution in [2.24, 2.45) is 5.73 Å². The van der Waals surface area contributed by atoms with E-state index in [0.717, 1.165) is 10.9 Å².